The van der Waals surface area contributed by atoms with Crippen molar-refractivity contribution in [3.63, 3.8) is 0 Å². The van der Waals surface area contributed by atoms with Crippen molar-refractivity contribution in [3.8, 4) is 0 Å². The van der Waals surface area contributed by atoms with Crippen LogP contribution < -0.4 is 0 Å². The Kier molecular flexibility index (Phi) is 3.66. The maximum absolute atomic E-state index is 3.80. The highest BCUT2D eigenvalue weighted by Crippen LogP contribution is 2.20. The van der Waals surface area contributed by atoms with Crippen molar-refractivity contribution >= 4 is 11.8 Å². The summed E-state index contributed by atoms with van der Waals surface area (Å²) in [6.07, 6.45) is 10.4. The van der Waals surface area contributed by atoms with E-state index in [0.717, 1.165) is 0 Å². The summed E-state index contributed by atoms with van der Waals surface area (Å²) in [5.74, 6) is 1.29. The van der Waals surface area contributed by atoms with E-state index in [2.05, 4.69) is 24.8 Å². The fourth-order valence-electron chi connectivity index (χ4n) is 1.02. The molecule has 1 heteroatoms. The molecule has 1 atom stereocenters. The van der Waals surface area contributed by atoms with Crippen molar-refractivity contribution in [1.82, 2.24) is 0 Å². The van der Waals surface area contributed by atoms with E-state index >= 15 is 0 Å². The Morgan fingerprint density at radius 1 is 1.50 bits per heavy atom. The molecular weight excluding hydrogens is 140 g/mol. The molecule has 0 aromatic carbocycles. The van der Waals surface area contributed by atoms with Crippen LogP contribution in [0, 0.1) is 0 Å². The zero-order valence-corrected chi connectivity index (χ0v) is 7.07. The number of allylic oxidation sites excluding steroid dienone is 2. The Bertz CT molecular complexity index is 127. The Hall–Kier alpha value is -0.170. The third kappa shape index (κ3) is 2.61. The summed E-state index contributed by atoms with van der Waals surface area (Å²) >= 11 is 2.03. The van der Waals surface area contributed by atoms with Crippen LogP contribution in [0.5, 0.6) is 0 Å². The van der Waals surface area contributed by atoms with Gasteiger partial charge < -0.3 is 0 Å². The van der Waals surface area contributed by atoms with Crippen LogP contribution in [0.25, 0.3) is 0 Å². The highest BCUT2D eigenvalue weighted by atomic mass is 32.2. The van der Waals surface area contributed by atoms with Crippen LogP contribution in [0.3, 0.4) is 0 Å². The molecule has 10 heavy (non-hydrogen) atoms. The molecule has 0 radical (unpaired) electrons. The number of hydrogen-bond donors (Lipinski definition) is 0. The number of hydrogen-bond acceptors (Lipinski definition) is 1. The Labute approximate surface area is 67.4 Å². The maximum Gasteiger partial charge on any atom is 0.0258 e. The van der Waals surface area contributed by atoms with Gasteiger partial charge in [-0.15, -0.1) is 6.58 Å². The molecule has 0 saturated carbocycles. The summed E-state index contributed by atoms with van der Waals surface area (Å²) in [5, 5.41) is 0.663. The largest absolute Gasteiger partial charge is 0.154 e. The molecule has 0 saturated heterocycles. The molecule has 1 rings (SSSR count). The lowest BCUT2D eigenvalue weighted by molar-refractivity contribution is 0.934. The van der Waals surface area contributed by atoms with Crippen LogP contribution in [0.2, 0.25) is 0 Å². The van der Waals surface area contributed by atoms with E-state index in [1.54, 1.807) is 0 Å². The van der Waals surface area contributed by atoms with E-state index in [1.807, 2.05) is 11.8 Å². The van der Waals surface area contributed by atoms with Gasteiger partial charge in [-0.1, -0.05) is 18.2 Å². The number of thioether (sulfide) groups is 1. The molecule has 0 N–H and O–H groups in total. The maximum atomic E-state index is 3.80. The van der Waals surface area contributed by atoms with Crippen molar-refractivity contribution < 1.29 is 0 Å². The summed E-state index contributed by atoms with van der Waals surface area (Å²) in [6.45, 7) is 3.80. The lowest BCUT2D eigenvalue weighted by Gasteiger charge is -2.10. The second-order valence-corrected chi connectivity index (χ2v) is 3.84. The summed E-state index contributed by atoms with van der Waals surface area (Å²) in [6, 6.07) is 0. The molecule has 0 amide bonds. The van der Waals surface area contributed by atoms with E-state index in [0.29, 0.717) is 5.25 Å². The van der Waals surface area contributed by atoms with Gasteiger partial charge in [-0.2, -0.15) is 11.8 Å². The Morgan fingerprint density at radius 3 is 3.20 bits per heavy atom. The van der Waals surface area contributed by atoms with Gasteiger partial charge in [0.1, 0.15) is 0 Å². The third-order valence-corrected chi connectivity index (χ3v) is 2.98. The quantitative estimate of drug-likeness (QED) is 0.523. The van der Waals surface area contributed by atoms with E-state index in [9.17, 15) is 0 Å². The minimum Gasteiger partial charge on any atom is -0.154 e. The van der Waals surface area contributed by atoms with Crippen LogP contribution >= 0.6 is 11.8 Å². The van der Waals surface area contributed by atoms with E-state index < -0.39 is 0 Å². The molecule has 1 aliphatic heterocycles. The zero-order valence-electron chi connectivity index (χ0n) is 6.25. The molecule has 56 valence electrons. The fourth-order valence-corrected chi connectivity index (χ4v) is 2.04. The van der Waals surface area contributed by atoms with Gasteiger partial charge in [0.25, 0.3) is 0 Å². The van der Waals surface area contributed by atoms with Gasteiger partial charge in [-0.3, -0.25) is 0 Å². The van der Waals surface area contributed by atoms with E-state index in [1.165, 1.54) is 25.0 Å². The summed E-state index contributed by atoms with van der Waals surface area (Å²) in [7, 11) is 0. The molecule has 1 unspecified atom stereocenters. The predicted octanol–water partition coefficient (Wildman–Crippen LogP) is 3.01. The van der Waals surface area contributed by atoms with Gasteiger partial charge in [0.2, 0.25) is 0 Å². The second-order valence-electron chi connectivity index (χ2n) is 2.49. The molecule has 0 aromatic heterocycles. The third-order valence-electron chi connectivity index (χ3n) is 1.65. The van der Waals surface area contributed by atoms with Crippen molar-refractivity contribution in [2.24, 2.45) is 0 Å². The molecule has 0 spiro atoms. The molecular formula is C9H14S. The normalized spacial score (nSPS) is 30.2. The van der Waals surface area contributed by atoms with Crippen LogP contribution in [0.15, 0.2) is 24.8 Å². The van der Waals surface area contributed by atoms with Gasteiger partial charge in [0, 0.05) is 5.25 Å². The minimum absolute atomic E-state index is 0.663. The van der Waals surface area contributed by atoms with Gasteiger partial charge in [0.05, 0.1) is 0 Å². The molecule has 0 bridgehead atoms. The van der Waals surface area contributed by atoms with Crippen molar-refractivity contribution in [2.75, 3.05) is 5.75 Å². The molecule has 0 aromatic rings. The first-order chi connectivity index (χ1) is 4.93. The Morgan fingerprint density at radius 2 is 2.40 bits per heavy atom. The molecule has 0 aliphatic carbocycles. The van der Waals surface area contributed by atoms with Crippen LogP contribution in [0.4, 0.5) is 0 Å². The average molecular weight is 154 g/mol. The second kappa shape index (κ2) is 4.62. The topological polar surface area (TPSA) is 0 Å². The lowest BCUT2D eigenvalue weighted by Crippen LogP contribution is -1.99. The molecule has 0 nitrogen and oxygen atoms in total. The highest BCUT2D eigenvalue weighted by Gasteiger charge is 2.02. The van der Waals surface area contributed by atoms with Crippen LogP contribution in [-0.4, -0.2) is 11.0 Å². The first-order valence-corrected chi connectivity index (χ1v) is 4.87. The van der Waals surface area contributed by atoms with Gasteiger partial charge >= 0.3 is 0 Å². The van der Waals surface area contributed by atoms with Gasteiger partial charge in [-0.05, 0) is 25.0 Å². The van der Waals surface area contributed by atoms with Crippen molar-refractivity contribution in [3.05, 3.63) is 24.8 Å². The summed E-state index contributed by atoms with van der Waals surface area (Å²) in [5.41, 5.74) is 0. The van der Waals surface area contributed by atoms with Gasteiger partial charge in [0.15, 0.2) is 0 Å². The van der Waals surface area contributed by atoms with Gasteiger partial charge in [-0.25, -0.2) is 0 Å². The smallest absolute Gasteiger partial charge is 0.0258 e. The first-order valence-electron chi connectivity index (χ1n) is 3.82. The van der Waals surface area contributed by atoms with Crippen LogP contribution in [-0.2, 0) is 0 Å². The first kappa shape index (κ1) is 7.93. The van der Waals surface area contributed by atoms with Crippen LogP contribution in [0.1, 0.15) is 19.3 Å². The SMILES string of the molecule is C=CC1C/C=C\CCCS1. The predicted molar refractivity (Wildman–Crippen MR) is 49.4 cm³/mol. The summed E-state index contributed by atoms with van der Waals surface area (Å²) in [4.78, 5) is 0. The van der Waals surface area contributed by atoms with Crippen molar-refractivity contribution in [2.45, 2.75) is 24.5 Å². The average Bonchev–Trinajstić information content (AvgIpc) is 1.87. The zero-order chi connectivity index (χ0) is 7.23. The lowest BCUT2D eigenvalue weighted by atomic mass is 10.2. The Balaban J connectivity index is 2.37. The minimum atomic E-state index is 0.663. The molecule has 1 aliphatic rings. The van der Waals surface area contributed by atoms with E-state index in [4.69, 9.17) is 0 Å². The molecule has 0 fully saturated rings. The molecule has 1 heterocycles. The van der Waals surface area contributed by atoms with Crippen molar-refractivity contribution in [1.29, 1.82) is 0 Å². The fraction of sp³-hybridized carbons (Fsp3) is 0.556. The highest BCUT2D eigenvalue weighted by molar-refractivity contribution is 8.00. The number of rotatable bonds is 1. The standard InChI is InChI=1S/C9H14S/c1-2-9-7-5-3-4-6-8-10-9/h2-3,5,9H,1,4,6-8H2/b5-3-. The van der Waals surface area contributed by atoms with E-state index in [-0.39, 0.29) is 0 Å². The monoisotopic (exact) mass is 154 g/mol. The summed E-state index contributed by atoms with van der Waals surface area (Å²) < 4.78 is 0.